The van der Waals surface area contributed by atoms with Crippen molar-refractivity contribution < 1.29 is 5.11 Å². The number of hydrogen-bond acceptors (Lipinski definition) is 1. The molecule has 0 amide bonds. The minimum atomic E-state index is -0.492. The van der Waals surface area contributed by atoms with Crippen LogP contribution in [0.3, 0.4) is 0 Å². The van der Waals surface area contributed by atoms with Crippen LogP contribution in [0.1, 0.15) is 54.4 Å². The van der Waals surface area contributed by atoms with Crippen LogP contribution in [0, 0.1) is 11.3 Å². The maximum absolute atomic E-state index is 9.91. The van der Waals surface area contributed by atoms with Crippen molar-refractivity contribution in [1.82, 2.24) is 0 Å². The van der Waals surface area contributed by atoms with E-state index in [0.29, 0.717) is 5.92 Å². The van der Waals surface area contributed by atoms with E-state index >= 15 is 0 Å². The van der Waals surface area contributed by atoms with Crippen molar-refractivity contribution in [3.63, 3.8) is 0 Å². The van der Waals surface area contributed by atoms with E-state index in [2.05, 4.69) is 27.7 Å². The smallest absolute Gasteiger partial charge is 0.0622 e. The van der Waals surface area contributed by atoms with Crippen molar-refractivity contribution in [3.05, 3.63) is 0 Å². The zero-order valence-corrected chi connectivity index (χ0v) is 9.44. The van der Waals surface area contributed by atoms with E-state index in [9.17, 15) is 5.11 Å². The Balaban J connectivity index is 4.23. The second-order valence-corrected chi connectivity index (χ2v) is 5.17. The SMILES string of the molecule is CCC(C)(O)CC(C)(C)C(C)C. The molecular formula is C11H24O. The van der Waals surface area contributed by atoms with Gasteiger partial charge in [-0.1, -0.05) is 34.6 Å². The molecule has 0 rings (SSSR count). The Hall–Kier alpha value is -0.0400. The van der Waals surface area contributed by atoms with Gasteiger partial charge in [-0.3, -0.25) is 0 Å². The lowest BCUT2D eigenvalue weighted by atomic mass is 9.73. The highest BCUT2D eigenvalue weighted by atomic mass is 16.3. The molecule has 1 N–H and O–H groups in total. The molecule has 0 fully saturated rings. The topological polar surface area (TPSA) is 20.2 Å². The third kappa shape index (κ3) is 3.57. The van der Waals surface area contributed by atoms with Crippen LogP contribution < -0.4 is 0 Å². The number of aliphatic hydroxyl groups is 1. The fourth-order valence-electron chi connectivity index (χ4n) is 1.31. The van der Waals surface area contributed by atoms with Gasteiger partial charge in [0.05, 0.1) is 5.60 Å². The van der Waals surface area contributed by atoms with E-state index in [4.69, 9.17) is 0 Å². The lowest BCUT2D eigenvalue weighted by Crippen LogP contribution is -2.33. The normalized spacial score (nSPS) is 18.0. The Bertz CT molecular complexity index is 134. The zero-order chi connectivity index (χ0) is 9.99. The van der Waals surface area contributed by atoms with Crippen LogP contribution in [0.4, 0.5) is 0 Å². The fraction of sp³-hybridized carbons (Fsp3) is 1.00. The number of rotatable bonds is 4. The molecule has 0 bridgehead atoms. The molecule has 0 aliphatic rings. The summed E-state index contributed by atoms with van der Waals surface area (Å²) < 4.78 is 0. The lowest BCUT2D eigenvalue weighted by Gasteiger charge is -2.36. The Labute approximate surface area is 77.2 Å². The largest absolute Gasteiger partial charge is 0.390 e. The van der Waals surface area contributed by atoms with Gasteiger partial charge in [0.2, 0.25) is 0 Å². The van der Waals surface area contributed by atoms with Crippen molar-refractivity contribution in [2.45, 2.75) is 60.0 Å². The highest BCUT2D eigenvalue weighted by Gasteiger charge is 2.31. The third-order valence-corrected chi connectivity index (χ3v) is 3.16. The van der Waals surface area contributed by atoms with Crippen molar-refractivity contribution in [3.8, 4) is 0 Å². The van der Waals surface area contributed by atoms with E-state index < -0.39 is 5.60 Å². The van der Waals surface area contributed by atoms with E-state index in [-0.39, 0.29) is 5.41 Å². The summed E-state index contributed by atoms with van der Waals surface area (Å²) >= 11 is 0. The highest BCUT2D eigenvalue weighted by Crippen LogP contribution is 2.36. The maximum atomic E-state index is 9.91. The molecule has 0 saturated heterocycles. The van der Waals surface area contributed by atoms with Crippen LogP contribution in [0.15, 0.2) is 0 Å². The van der Waals surface area contributed by atoms with Gasteiger partial charge in [-0.2, -0.15) is 0 Å². The molecule has 0 spiro atoms. The van der Waals surface area contributed by atoms with Gasteiger partial charge in [0, 0.05) is 0 Å². The van der Waals surface area contributed by atoms with Crippen LogP contribution in [-0.4, -0.2) is 10.7 Å². The Kier molecular flexibility index (Phi) is 3.77. The molecule has 0 aromatic carbocycles. The van der Waals surface area contributed by atoms with Gasteiger partial charge in [0.25, 0.3) is 0 Å². The molecule has 12 heavy (non-hydrogen) atoms. The minimum Gasteiger partial charge on any atom is -0.390 e. The van der Waals surface area contributed by atoms with Gasteiger partial charge in [-0.25, -0.2) is 0 Å². The standard InChI is InChI=1S/C11H24O/c1-7-11(6,12)8-10(4,5)9(2)3/h9,12H,7-8H2,1-6H3. The van der Waals surface area contributed by atoms with Gasteiger partial charge in [-0.15, -0.1) is 0 Å². The molecule has 0 aromatic rings. The molecule has 74 valence electrons. The first kappa shape index (κ1) is 12.0. The second-order valence-electron chi connectivity index (χ2n) is 5.17. The molecule has 0 saturated carbocycles. The lowest BCUT2D eigenvalue weighted by molar-refractivity contribution is -0.00190. The quantitative estimate of drug-likeness (QED) is 0.690. The van der Waals surface area contributed by atoms with Gasteiger partial charge >= 0.3 is 0 Å². The average molecular weight is 172 g/mol. The highest BCUT2D eigenvalue weighted by molar-refractivity contribution is 4.82. The summed E-state index contributed by atoms with van der Waals surface area (Å²) in [7, 11) is 0. The first-order chi connectivity index (χ1) is 5.21. The molecule has 1 atom stereocenters. The van der Waals surface area contributed by atoms with Gasteiger partial charge in [0.15, 0.2) is 0 Å². The molecule has 0 radical (unpaired) electrons. The Morgan fingerprint density at radius 3 is 1.83 bits per heavy atom. The molecular weight excluding hydrogens is 148 g/mol. The summed E-state index contributed by atoms with van der Waals surface area (Å²) in [6.45, 7) is 12.8. The second kappa shape index (κ2) is 3.78. The van der Waals surface area contributed by atoms with E-state index in [1.54, 1.807) is 0 Å². The fourth-order valence-corrected chi connectivity index (χ4v) is 1.31. The van der Waals surface area contributed by atoms with Crippen molar-refractivity contribution >= 4 is 0 Å². The molecule has 0 aliphatic carbocycles. The van der Waals surface area contributed by atoms with Crippen LogP contribution in [0.25, 0.3) is 0 Å². The van der Waals surface area contributed by atoms with Gasteiger partial charge in [-0.05, 0) is 31.1 Å². The van der Waals surface area contributed by atoms with Crippen LogP contribution in [0.5, 0.6) is 0 Å². The third-order valence-electron chi connectivity index (χ3n) is 3.16. The van der Waals surface area contributed by atoms with Crippen LogP contribution in [0.2, 0.25) is 0 Å². The summed E-state index contributed by atoms with van der Waals surface area (Å²) in [6.07, 6.45) is 1.72. The predicted molar refractivity (Wildman–Crippen MR) is 54.2 cm³/mol. The van der Waals surface area contributed by atoms with Crippen molar-refractivity contribution in [2.75, 3.05) is 0 Å². The first-order valence-electron chi connectivity index (χ1n) is 4.93. The van der Waals surface area contributed by atoms with E-state index in [0.717, 1.165) is 12.8 Å². The molecule has 1 heteroatoms. The van der Waals surface area contributed by atoms with Crippen LogP contribution in [-0.2, 0) is 0 Å². The zero-order valence-electron chi connectivity index (χ0n) is 9.44. The molecule has 1 unspecified atom stereocenters. The Morgan fingerprint density at radius 1 is 1.17 bits per heavy atom. The van der Waals surface area contributed by atoms with Crippen LogP contribution >= 0.6 is 0 Å². The summed E-state index contributed by atoms with van der Waals surface area (Å²) in [6, 6.07) is 0. The molecule has 0 aromatic heterocycles. The van der Waals surface area contributed by atoms with E-state index in [1.165, 1.54) is 0 Å². The van der Waals surface area contributed by atoms with E-state index in [1.807, 2.05) is 13.8 Å². The maximum Gasteiger partial charge on any atom is 0.0622 e. The molecule has 0 heterocycles. The summed E-state index contributed by atoms with van der Waals surface area (Å²) in [5.41, 5.74) is -0.257. The monoisotopic (exact) mass is 172 g/mol. The molecule has 0 aliphatic heterocycles. The summed E-state index contributed by atoms with van der Waals surface area (Å²) in [4.78, 5) is 0. The Morgan fingerprint density at radius 2 is 1.58 bits per heavy atom. The first-order valence-corrected chi connectivity index (χ1v) is 4.93. The van der Waals surface area contributed by atoms with Gasteiger partial charge < -0.3 is 5.11 Å². The minimum absolute atomic E-state index is 0.236. The average Bonchev–Trinajstić information content (AvgIpc) is 1.85. The molecule has 1 nitrogen and oxygen atoms in total. The summed E-state index contributed by atoms with van der Waals surface area (Å²) in [5, 5.41) is 9.91. The number of hydrogen-bond donors (Lipinski definition) is 1. The predicted octanol–water partition coefficient (Wildman–Crippen LogP) is 3.22. The summed E-state index contributed by atoms with van der Waals surface area (Å²) in [5.74, 6) is 0.621. The van der Waals surface area contributed by atoms with Gasteiger partial charge in [0.1, 0.15) is 0 Å². The van der Waals surface area contributed by atoms with Crippen molar-refractivity contribution in [1.29, 1.82) is 0 Å². The van der Waals surface area contributed by atoms with Crippen molar-refractivity contribution in [2.24, 2.45) is 11.3 Å².